The van der Waals surface area contributed by atoms with Crippen LogP contribution in [0.1, 0.15) is 66.1 Å². The number of hydrogen-bond donors (Lipinski definition) is 0. The van der Waals surface area contributed by atoms with Crippen molar-refractivity contribution < 1.29 is 9.32 Å². The molecule has 0 aliphatic carbocycles. The van der Waals surface area contributed by atoms with E-state index < -0.39 is 0 Å². The van der Waals surface area contributed by atoms with Crippen molar-refractivity contribution >= 4 is 5.91 Å². The zero-order valence-electron chi connectivity index (χ0n) is 18.8. The molecule has 1 aliphatic heterocycles. The molecule has 0 N–H and O–H groups in total. The minimum atomic E-state index is -0.0734. The Labute approximate surface area is 183 Å². The van der Waals surface area contributed by atoms with Crippen molar-refractivity contribution in [1.82, 2.24) is 20.0 Å². The first kappa shape index (κ1) is 21.2. The van der Waals surface area contributed by atoms with E-state index >= 15 is 0 Å². The first-order chi connectivity index (χ1) is 15.0. The van der Waals surface area contributed by atoms with Gasteiger partial charge in [0.1, 0.15) is 5.82 Å². The van der Waals surface area contributed by atoms with E-state index in [2.05, 4.69) is 36.1 Å². The van der Waals surface area contributed by atoms with Gasteiger partial charge in [-0.1, -0.05) is 41.9 Å². The predicted molar refractivity (Wildman–Crippen MR) is 120 cm³/mol. The lowest BCUT2D eigenvalue weighted by atomic mass is 10.0. The molecule has 162 valence electrons. The van der Waals surface area contributed by atoms with Crippen LogP contribution in [0.2, 0.25) is 0 Å². The van der Waals surface area contributed by atoms with E-state index in [9.17, 15) is 4.79 Å². The number of likely N-dealkylation sites (tertiary alicyclic amines) is 1. The summed E-state index contributed by atoms with van der Waals surface area (Å²) >= 11 is 0. The van der Waals surface area contributed by atoms with Crippen molar-refractivity contribution in [2.45, 2.75) is 65.8 Å². The van der Waals surface area contributed by atoms with Crippen molar-refractivity contribution in [3.05, 3.63) is 64.4 Å². The molecule has 1 amide bonds. The predicted octanol–water partition coefficient (Wildman–Crippen LogP) is 4.92. The molecule has 1 atom stereocenters. The molecule has 1 aromatic carbocycles. The lowest BCUT2D eigenvalue weighted by Gasteiger charge is -2.26. The monoisotopic (exact) mass is 418 g/mol. The Hall–Kier alpha value is -3.02. The summed E-state index contributed by atoms with van der Waals surface area (Å²) in [5.74, 6) is 1.65. The van der Waals surface area contributed by atoms with Crippen molar-refractivity contribution in [1.29, 1.82) is 0 Å². The van der Waals surface area contributed by atoms with Crippen LogP contribution < -0.4 is 0 Å². The van der Waals surface area contributed by atoms with Gasteiger partial charge in [0.15, 0.2) is 5.76 Å². The molecule has 4 rings (SSSR count). The molecule has 3 aromatic rings. The fourth-order valence-corrected chi connectivity index (χ4v) is 4.32. The van der Waals surface area contributed by atoms with Gasteiger partial charge < -0.3 is 9.42 Å². The lowest BCUT2D eigenvalue weighted by Crippen LogP contribution is -2.32. The number of aromatic nitrogens is 3. The van der Waals surface area contributed by atoms with Crippen LogP contribution in [0, 0.1) is 20.8 Å². The zero-order valence-corrected chi connectivity index (χ0v) is 18.8. The zero-order chi connectivity index (χ0) is 22.0. The Morgan fingerprint density at radius 2 is 2.10 bits per heavy atom. The van der Waals surface area contributed by atoms with Gasteiger partial charge in [-0.3, -0.25) is 4.79 Å². The molecule has 2 aromatic heterocycles. The van der Waals surface area contributed by atoms with Gasteiger partial charge in [0.2, 0.25) is 5.91 Å². The van der Waals surface area contributed by atoms with Crippen LogP contribution in [0.5, 0.6) is 0 Å². The van der Waals surface area contributed by atoms with Gasteiger partial charge in [-0.15, -0.1) is 0 Å². The summed E-state index contributed by atoms with van der Waals surface area (Å²) in [6, 6.07) is 8.09. The normalized spacial score (nSPS) is 16.1. The number of hydrogen-bond acceptors (Lipinski definition) is 5. The number of benzene rings is 1. The van der Waals surface area contributed by atoms with Crippen molar-refractivity contribution in [2.24, 2.45) is 0 Å². The Bertz CT molecular complexity index is 1090. The van der Waals surface area contributed by atoms with Gasteiger partial charge in [-0.05, 0) is 45.6 Å². The molecule has 0 spiro atoms. The van der Waals surface area contributed by atoms with Gasteiger partial charge in [0, 0.05) is 24.7 Å². The molecule has 0 radical (unpaired) electrons. The highest BCUT2D eigenvalue weighted by molar-refractivity contribution is 5.80. The summed E-state index contributed by atoms with van der Waals surface area (Å²) in [4.78, 5) is 24.8. The maximum Gasteiger partial charge on any atom is 0.227 e. The Morgan fingerprint density at radius 3 is 2.81 bits per heavy atom. The van der Waals surface area contributed by atoms with E-state index in [1.807, 2.05) is 37.1 Å². The third-order valence-corrected chi connectivity index (χ3v) is 6.07. The molecule has 31 heavy (non-hydrogen) atoms. The van der Waals surface area contributed by atoms with Crippen LogP contribution in [-0.4, -0.2) is 32.5 Å². The number of carbonyl (C=O) groups is 1. The largest absolute Gasteiger partial charge is 0.356 e. The Morgan fingerprint density at radius 1 is 1.26 bits per heavy atom. The SMILES string of the molecule is CCCc1ncc(-c2onc(C)c2C)c([C@@H]2CCCN2C(=O)Cc2cccc(C)c2)n1. The highest BCUT2D eigenvalue weighted by atomic mass is 16.5. The van der Waals surface area contributed by atoms with Crippen LogP contribution in [-0.2, 0) is 17.6 Å². The van der Waals surface area contributed by atoms with Gasteiger partial charge in [-0.2, -0.15) is 0 Å². The van der Waals surface area contributed by atoms with E-state index in [4.69, 9.17) is 9.51 Å². The van der Waals surface area contributed by atoms with Crippen LogP contribution in [0.4, 0.5) is 0 Å². The first-order valence-corrected chi connectivity index (χ1v) is 11.1. The second-order valence-corrected chi connectivity index (χ2v) is 8.47. The van der Waals surface area contributed by atoms with Gasteiger partial charge in [-0.25, -0.2) is 9.97 Å². The number of nitrogens with zero attached hydrogens (tertiary/aromatic N) is 4. The van der Waals surface area contributed by atoms with E-state index in [0.717, 1.165) is 66.1 Å². The fraction of sp³-hybridized carbons (Fsp3) is 0.440. The highest BCUT2D eigenvalue weighted by Crippen LogP contribution is 2.38. The fourth-order valence-electron chi connectivity index (χ4n) is 4.32. The molecule has 6 heteroatoms. The van der Waals surface area contributed by atoms with E-state index in [0.29, 0.717) is 12.2 Å². The molecule has 3 heterocycles. The minimum absolute atomic E-state index is 0.0734. The molecule has 0 bridgehead atoms. The topological polar surface area (TPSA) is 72.1 Å². The molecule has 1 saturated heterocycles. The maximum atomic E-state index is 13.3. The molecule has 0 saturated carbocycles. The maximum absolute atomic E-state index is 13.3. The molecule has 1 aliphatic rings. The summed E-state index contributed by atoms with van der Waals surface area (Å²) in [6.07, 6.45) is 5.89. The second kappa shape index (κ2) is 9.00. The molecule has 6 nitrogen and oxygen atoms in total. The first-order valence-electron chi connectivity index (χ1n) is 11.1. The van der Waals surface area contributed by atoms with E-state index in [-0.39, 0.29) is 11.9 Å². The van der Waals surface area contributed by atoms with Gasteiger partial charge in [0.25, 0.3) is 0 Å². The summed E-state index contributed by atoms with van der Waals surface area (Å²) in [7, 11) is 0. The molecular weight excluding hydrogens is 388 g/mol. The summed E-state index contributed by atoms with van der Waals surface area (Å²) < 4.78 is 5.65. The van der Waals surface area contributed by atoms with Crippen molar-refractivity contribution in [3.8, 4) is 11.3 Å². The van der Waals surface area contributed by atoms with Gasteiger partial charge in [0.05, 0.1) is 29.4 Å². The van der Waals surface area contributed by atoms with E-state index in [1.54, 1.807) is 0 Å². The second-order valence-electron chi connectivity index (χ2n) is 8.47. The summed E-state index contributed by atoms with van der Waals surface area (Å²) in [5, 5.41) is 4.13. The van der Waals surface area contributed by atoms with Crippen LogP contribution in [0.15, 0.2) is 35.0 Å². The quantitative estimate of drug-likeness (QED) is 0.568. The number of amides is 1. The average Bonchev–Trinajstić information content (AvgIpc) is 3.36. The smallest absolute Gasteiger partial charge is 0.227 e. The Balaban J connectivity index is 1.69. The minimum Gasteiger partial charge on any atom is -0.356 e. The lowest BCUT2D eigenvalue weighted by molar-refractivity contribution is -0.131. The number of aryl methyl sites for hydroxylation is 3. The van der Waals surface area contributed by atoms with Crippen LogP contribution >= 0.6 is 0 Å². The third kappa shape index (κ3) is 4.38. The van der Waals surface area contributed by atoms with Crippen LogP contribution in [0.3, 0.4) is 0 Å². The van der Waals surface area contributed by atoms with E-state index in [1.165, 1.54) is 5.56 Å². The molecule has 0 unspecified atom stereocenters. The summed E-state index contributed by atoms with van der Waals surface area (Å²) in [5.41, 5.74) is 5.79. The third-order valence-electron chi connectivity index (χ3n) is 6.07. The highest BCUT2D eigenvalue weighted by Gasteiger charge is 2.34. The Kier molecular flexibility index (Phi) is 6.16. The summed E-state index contributed by atoms with van der Waals surface area (Å²) in [6.45, 7) is 8.85. The molecule has 1 fully saturated rings. The molecular formula is C25H30N4O2. The number of rotatable bonds is 6. The van der Waals surface area contributed by atoms with Crippen LogP contribution in [0.25, 0.3) is 11.3 Å². The van der Waals surface area contributed by atoms with Gasteiger partial charge >= 0.3 is 0 Å². The standard InChI is InChI=1S/C25H30N4O2/c1-5-8-22-26-15-20(25-17(3)18(4)28-31-25)24(27-22)21-11-7-12-29(21)23(30)14-19-10-6-9-16(2)13-19/h6,9-10,13,15,21H,5,7-8,11-12,14H2,1-4H3/t21-/m0/s1. The average molecular weight is 419 g/mol. The van der Waals surface area contributed by atoms with Crippen molar-refractivity contribution in [2.75, 3.05) is 6.54 Å². The number of carbonyl (C=O) groups excluding carboxylic acids is 1. The van der Waals surface area contributed by atoms with Crippen molar-refractivity contribution in [3.63, 3.8) is 0 Å².